The summed E-state index contributed by atoms with van der Waals surface area (Å²) in [6.07, 6.45) is 6.09. The van der Waals surface area contributed by atoms with Crippen molar-refractivity contribution >= 4 is 35.5 Å². The average Bonchev–Trinajstić information content (AvgIpc) is 2.99. The number of anilines is 4. The minimum Gasteiger partial charge on any atom is -0.474 e. The number of carbonyl (C=O) groups excluding carboxylic acids is 2. The van der Waals surface area contributed by atoms with E-state index in [-0.39, 0.29) is 0 Å². The molecule has 0 radical (unpaired) electrons. The molecular formula is C34H43N7O5. The van der Waals surface area contributed by atoms with E-state index in [0.717, 1.165) is 80.3 Å². The first-order valence-electron chi connectivity index (χ1n) is 15.9. The highest BCUT2D eigenvalue weighted by Gasteiger charge is 2.48. The van der Waals surface area contributed by atoms with Gasteiger partial charge in [-0.15, -0.1) is 0 Å². The van der Waals surface area contributed by atoms with Crippen LogP contribution < -0.4 is 19.9 Å². The number of carbonyl (C=O) groups is 2. The summed E-state index contributed by atoms with van der Waals surface area (Å²) in [6.45, 7) is 15.5. The van der Waals surface area contributed by atoms with Crippen molar-refractivity contribution in [2.45, 2.75) is 59.6 Å². The molecule has 46 heavy (non-hydrogen) atoms. The first-order valence-corrected chi connectivity index (χ1v) is 15.9. The van der Waals surface area contributed by atoms with Crippen LogP contribution >= 0.6 is 0 Å². The molecule has 3 aromatic rings. The molecule has 0 saturated carbocycles. The van der Waals surface area contributed by atoms with Gasteiger partial charge in [0.1, 0.15) is 17.9 Å². The molecule has 2 saturated heterocycles. The van der Waals surface area contributed by atoms with Gasteiger partial charge >= 0.3 is 6.09 Å². The number of aromatic nitrogens is 3. The minimum atomic E-state index is -0.589. The monoisotopic (exact) mass is 629 g/mol. The molecule has 7 rings (SSSR count). The molecule has 2 aromatic heterocycles. The lowest BCUT2D eigenvalue weighted by Gasteiger charge is -2.53. The zero-order chi connectivity index (χ0) is 32.5. The van der Waals surface area contributed by atoms with Crippen molar-refractivity contribution in [1.29, 1.82) is 0 Å². The van der Waals surface area contributed by atoms with Gasteiger partial charge < -0.3 is 29.3 Å². The van der Waals surface area contributed by atoms with Gasteiger partial charge in [-0.25, -0.2) is 19.7 Å². The Morgan fingerprint density at radius 1 is 1.11 bits per heavy atom. The van der Waals surface area contributed by atoms with E-state index in [0.29, 0.717) is 42.6 Å². The van der Waals surface area contributed by atoms with Gasteiger partial charge in [-0.1, -0.05) is 19.1 Å². The Balaban J connectivity index is 0.000000352. The molecule has 2 fully saturated rings. The first kappa shape index (κ1) is 31.5. The van der Waals surface area contributed by atoms with E-state index in [2.05, 4.69) is 51.4 Å². The number of fused-ring (bicyclic) bond motifs is 2. The molecule has 0 bridgehead atoms. The smallest absolute Gasteiger partial charge is 0.415 e. The molecule has 1 N–H and O–H groups in total. The normalized spacial score (nSPS) is 17.7. The quantitative estimate of drug-likeness (QED) is 0.399. The maximum atomic E-state index is 13.0. The number of pyridine rings is 1. The zero-order valence-electron chi connectivity index (χ0n) is 27.3. The third-order valence-corrected chi connectivity index (χ3v) is 8.63. The average molecular weight is 630 g/mol. The molecule has 0 aliphatic carbocycles. The Bertz CT molecular complexity index is 1580. The number of likely N-dealkylation sites (tertiary alicyclic amines) is 1. The van der Waals surface area contributed by atoms with Crippen LogP contribution in [0.25, 0.3) is 0 Å². The molecular weight excluding hydrogens is 586 g/mol. The van der Waals surface area contributed by atoms with E-state index in [1.54, 1.807) is 9.80 Å². The summed E-state index contributed by atoms with van der Waals surface area (Å²) < 4.78 is 16.5. The Hall–Kier alpha value is -4.45. The highest BCUT2D eigenvalue weighted by molar-refractivity contribution is 5.92. The van der Waals surface area contributed by atoms with Gasteiger partial charge in [-0.05, 0) is 63.8 Å². The van der Waals surface area contributed by atoms with Gasteiger partial charge in [0.05, 0.1) is 49.3 Å². The van der Waals surface area contributed by atoms with Crippen LogP contribution in [0.2, 0.25) is 0 Å². The molecule has 1 aromatic carbocycles. The van der Waals surface area contributed by atoms with Gasteiger partial charge in [0.2, 0.25) is 18.2 Å². The molecule has 4 aliphatic heterocycles. The molecule has 0 unspecified atom stereocenters. The van der Waals surface area contributed by atoms with Crippen LogP contribution in [0.4, 0.5) is 27.8 Å². The van der Waals surface area contributed by atoms with Crippen LogP contribution in [0.15, 0.2) is 36.7 Å². The van der Waals surface area contributed by atoms with Crippen LogP contribution in [0.5, 0.6) is 5.88 Å². The van der Waals surface area contributed by atoms with Gasteiger partial charge in [0, 0.05) is 37.1 Å². The number of nitrogens with one attached hydrogen (secondary N) is 1. The van der Waals surface area contributed by atoms with Gasteiger partial charge in [0.25, 0.3) is 0 Å². The maximum Gasteiger partial charge on any atom is 0.415 e. The third kappa shape index (κ3) is 6.72. The van der Waals surface area contributed by atoms with Crippen molar-refractivity contribution in [3.8, 4) is 5.88 Å². The summed E-state index contributed by atoms with van der Waals surface area (Å²) in [6, 6.07) is 8.32. The molecule has 2 amide bonds. The van der Waals surface area contributed by atoms with Crippen LogP contribution in [0.1, 0.15) is 50.1 Å². The lowest BCUT2D eigenvalue weighted by molar-refractivity contribution is -0.188. The second-order valence-electron chi connectivity index (χ2n) is 13.4. The second kappa shape index (κ2) is 12.7. The molecule has 1 spiro atoms. The summed E-state index contributed by atoms with van der Waals surface area (Å²) >= 11 is 0. The van der Waals surface area contributed by atoms with E-state index >= 15 is 0 Å². The number of hydrogen-bond donors (Lipinski definition) is 1. The minimum absolute atomic E-state index is 0.378. The molecule has 6 heterocycles. The lowest BCUT2D eigenvalue weighted by atomic mass is 9.78. The van der Waals surface area contributed by atoms with E-state index in [4.69, 9.17) is 19.2 Å². The van der Waals surface area contributed by atoms with Crippen LogP contribution in [-0.4, -0.2) is 84.0 Å². The molecule has 244 valence electrons. The number of nitrogens with zero attached hydrogens (tertiary/aromatic N) is 6. The van der Waals surface area contributed by atoms with Crippen molar-refractivity contribution in [1.82, 2.24) is 19.9 Å². The van der Waals surface area contributed by atoms with Crippen LogP contribution in [0.3, 0.4) is 0 Å². The Morgan fingerprint density at radius 2 is 1.87 bits per heavy atom. The third-order valence-electron chi connectivity index (χ3n) is 8.63. The van der Waals surface area contributed by atoms with Crippen molar-refractivity contribution in [2.75, 3.05) is 61.1 Å². The topological polar surface area (TPSA) is 122 Å². The molecule has 12 nitrogen and oxygen atoms in total. The van der Waals surface area contributed by atoms with Crippen molar-refractivity contribution < 1.29 is 23.8 Å². The highest BCUT2D eigenvalue weighted by Crippen LogP contribution is 2.40. The fourth-order valence-corrected chi connectivity index (χ4v) is 6.13. The molecule has 4 aliphatic rings. The molecule has 0 atom stereocenters. The maximum absolute atomic E-state index is 13.0. The summed E-state index contributed by atoms with van der Waals surface area (Å²) in [7, 11) is 0. The van der Waals surface area contributed by atoms with E-state index in [1.165, 1.54) is 5.56 Å². The zero-order valence-corrected chi connectivity index (χ0v) is 27.3. The first-order chi connectivity index (χ1) is 22.1. The number of hydrogen-bond acceptors (Lipinski definition) is 10. The summed E-state index contributed by atoms with van der Waals surface area (Å²) in [5, 5.41) is 3.32. The second-order valence-corrected chi connectivity index (χ2v) is 13.4. The van der Waals surface area contributed by atoms with Crippen molar-refractivity contribution in [3.05, 3.63) is 59.0 Å². The fourth-order valence-electron chi connectivity index (χ4n) is 6.13. The number of amides is 2. The Labute approximate surface area is 270 Å². The van der Waals surface area contributed by atoms with Crippen molar-refractivity contribution in [2.24, 2.45) is 5.41 Å². The summed E-state index contributed by atoms with van der Waals surface area (Å²) in [5.41, 5.74) is 6.73. The predicted molar refractivity (Wildman–Crippen MR) is 175 cm³/mol. The standard InChI is InChI=1S/C28H34N6O3.C6H9NO2/c1-6-19-7-9-21(10-8-19)31-26-30-15-20-11-12-33(17-22(20)32-26)23-16-29-25-24(18(23)2)34(13-14-36-25)27(35)37-28(3,4)5;8-5-7-1-6(2-7)3-9-4-6/h7-10,15-16H,6,11-14,17H2,1-5H3,(H,30,31,32);5H,1-4H2. The van der Waals surface area contributed by atoms with Gasteiger partial charge in [-0.3, -0.25) is 9.69 Å². The van der Waals surface area contributed by atoms with Gasteiger partial charge in [0.15, 0.2) is 0 Å². The number of ether oxygens (including phenoxy) is 3. The van der Waals surface area contributed by atoms with E-state index < -0.39 is 11.7 Å². The van der Waals surface area contributed by atoms with Crippen LogP contribution in [0, 0.1) is 12.3 Å². The van der Waals surface area contributed by atoms with E-state index in [9.17, 15) is 9.59 Å². The largest absolute Gasteiger partial charge is 0.474 e. The number of aryl methyl sites for hydroxylation is 1. The number of rotatable bonds is 5. The predicted octanol–water partition coefficient (Wildman–Crippen LogP) is 4.66. The SMILES string of the molecule is CCc1ccc(Nc2ncc3c(n2)CN(c2cnc4c(c2C)N(C(=O)OC(C)(C)C)CCO4)CC3)cc1.O=CN1CC2(COC2)C1. The summed E-state index contributed by atoms with van der Waals surface area (Å²) in [4.78, 5) is 42.7. The van der Waals surface area contributed by atoms with Crippen molar-refractivity contribution in [3.63, 3.8) is 0 Å². The van der Waals surface area contributed by atoms with Gasteiger partial charge in [-0.2, -0.15) is 0 Å². The van der Waals surface area contributed by atoms with E-state index in [1.807, 2.05) is 40.1 Å². The fraction of sp³-hybridized carbons (Fsp3) is 0.500. The number of benzene rings is 1. The highest BCUT2D eigenvalue weighted by atomic mass is 16.6. The molecule has 12 heteroatoms. The van der Waals surface area contributed by atoms with Crippen LogP contribution in [-0.2, 0) is 33.7 Å². The Kier molecular flexibility index (Phi) is 8.73. The summed E-state index contributed by atoms with van der Waals surface area (Å²) in [5.74, 6) is 1.04. The Morgan fingerprint density at radius 3 is 2.52 bits per heavy atom. The lowest BCUT2D eigenvalue weighted by Crippen LogP contribution is -2.65.